The van der Waals surface area contributed by atoms with Gasteiger partial charge in [0.1, 0.15) is 0 Å². The number of amides is 18. The first-order chi connectivity index (χ1) is 64.7. The largest absolute Gasteiger partial charge is 0.353 e. The number of carbonyl (C=O) groups excluding carboxylic acids is 20. The van der Waals surface area contributed by atoms with Crippen molar-refractivity contribution in [3.63, 3.8) is 0 Å². The Bertz CT molecular complexity index is 4280. The van der Waals surface area contributed by atoms with E-state index in [-0.39, 0.29) is 184 Å². The SMILES string of the molecule is C=C(C)C(=O)CCCN(CCN(CCNC(=O)C(=C)C)C(=O)C(=C)C)C(=O)C(=C)C.C=C(C)C(=O)NCCCN(CCCNC(=O)C(=C)C)C(=O)C(=C)C.C=C(C)C(=O)NCCN(NC(=O)C(=C)C)C(=O)C(=C)C.C=CC(=O)CCCN(CCN(CCNC(=O)C=C)C(=O)C=C)C(=O)C=C.C=CC(=O)NCCCN(CCCNC(=O)C=C)C(=O)C=C.C=CC(=O)NCCN(NC(=O)C=C)C(=O)C=C. The van der Waals surface area contributed by atoms with Gasteiger partial charge in [0.25, 0.3) is 23.6 Å². The summed E-state index contributed by atoms with van der Waals surface area (Å²) >= 11 is 0. The maximum absolute atomic E-state index is 12.5. The average molecular weight is 1920 g/mol. The lowest BCUT2D eigenvalue weighted by Gasteiger charge is -2.28. The lowest BCUT2D eigenvalue weighted by molar-refractivity contribution is -0.137. The van der Waals surface area contributed by atoms with Gasteiger partial charge in [-0.1, -0.05) is 132 Å². The Kier molecular flexibility index (Phi) is 77.4. The summed E-state index contributed by atoms with van der Waals surface area (Å²) in [6.45, 7) is 93.2. The van der Waals surface area contributed by atoms with Crippen LogP contribution in [0.25, 0.3) is 0 Å². The van der Waals surface area contributed by atoms with Crippen molar-refractivity contribution < 1.29 is 95.9 Å². The van der Waals surface area contributed by atoms with E-state index in [1.807, 2.05) is 0 Å². The first-order valence-corrected chi connectivity index (χ1v) is 43.8. The highest BCUT2D eigenvalue weighted by atomic mass is 16.2. The molecule has 138 heavy (non-hydrogen) atoms. The maximum Gasteiger partial charge on any atom is 0.267 e. The number of hydrogen-bond donors (Lipinski definition) is 10. The van der Waals surface area contributed by atoms with Crippen LogP contribution in [0.3, 0.4) is 0 Å². The zero-order valence-corrected chi connectivity index (χ0v) is 82.9. The van der Waals surface area contributed by atoms with E-state index in [0.717, 1.165) is 34.3 Å². The fourth-order valence-electron chi connectivity index (χ4n) is 9.97. The first kappa shape index (κ1) is 133. The summed E-state index contributed by atoms with van der Waals surface area (Å²) in [5.41, 5.74) is 8.62. The highest BCUT2D eigenvalue weighted by molar-refractivity contribution is 6.00. The molecule has 0 rings (SSSR count). The normalized spacial score (nSPS) is 9.52. The second-order valence-corrected chi connectivity index (χ2v) is 30.3. The summed E-state index contributed by atoms with van der Waals surface area (Å²) in [5.74, 6) is -5.45. The van der Waals surface area contributed by atoms with Gasteiger partial charge < -0.3 is 71.9 Å². The summed E-state index contributed by atoms with van der Waals surface area (Å²) in [6.07, 6.45) is 15.8. The van der Waals surface area contributed by atoms with E-state index in [0.29, 0.717) is 161 Å². The second kappa shape index (κ2) is 80.1. The van der Waals surface area contributed by atoms with Crippen LogP contribution in [-0.4, -0.2) is 301 Å². The molecule has 0 atom stereocenters. The third-order valence-electron chi connectivity index (χ3n) is 17.7. The molecule has 0 aliphatic rings. The summed E-state index contributed by atoms with van der Waals surface area (Å²) in [4.78, 5) is 241. The van der Waals surface area contributed by atoms with Crippen LogP contribution in [0, 0.1) is 0 Å². The van der Waals surface area contributed by atoms with Gasteiger partial charge in [-0.15, -0.1) is 0 Å². The minimum atomic E-state index is -0.518. The highest BCUT2D eigenvalue weighted by Gasteiger charge is 2.24. The van der Waals surface area contributed by atoms with E-state index in [1.54, 1.807) is 75.0 Å². The van der Waals surface area contributed by atoms with Crippen molar-refractivity contribution in [1.29, 1.82) is 0 Å². The van der Waals surface area contributed by atoms with Crippen LogP contribution >= 0.6 is 0 Å². The molecule has 0 aromatic heterocycles. The van der Waals surface area contributed by atoms with E-state index in [9.17, 15) is 95.9 Å². The lowest BCUT2D eigenvalue weighted by atomic mass is 10.1. The fourth-order valence-corrected chi connectivity index (χ4v) is 9.97. The molecule has 18 amide bonds. The smallest absolute Gasteiger partial charge is 0.267 e. The van der Waals surface area contributed by atoms with Crippen molar-refractivity contribution >= 4 is 118 Å². The Hall–Kier alpha value is -15.4. The number of nitrogens with one attached hydrogen (secondary N) is 10. The van der Waals surface area contributed by atoms with Gasteiger partial charge >= 0.3 is 0 Å². The number of hydrazine groups is 2. The standard InChI is InChI=1S/C23H35N3O4.C19H27N3O4.C18H29N3O3.C15H23N3O3.C14H21N3O3.C11H15N3O3/c1-16(2)20(27)10-9-12-25(22(29)18(5)6)14-15-26(23(30)19(7)8)13-11-24-21(28)17(3)4;1-5-16(23)10-9-12-21(18(25)7-3)14-15-22(19(26)8-4)13-11-20-17(24)6-2;1-13(2)16(22)19-9-7-11-21(18(24)15(5)6)12-8-10-20-17(23)14(3)4;1-4-13(19)16-9-7-11-18(15(21)6-3)12-8-10-17-14(20)5-2;1-9(2)12(18)15-7-8-17(14(20)11(5)6)16-13(19)10(3)4;1-4-9(15)12-7-8-14(11(17)6-3)13-10(16)5-2/h1,3,5,7,9-15H2,2,4,6,8H3,(H,24,28);5-8H,1-4,9-15H2,(H,20,24);1,3,5,7-12H2,2,4,6H3,(H,19,22)(H,20,23);4-6H,1-3,7-12H2,(H,16,19)(H,17,20);1,3,5,7-8H2,2,4,6H3,(H,15,18)(H,16,19);4-6H,1-3,7-8H2,(H,12,15)(H,13,16). The van der Waals surface area contributed by atoms with Gasteiger partial charge in [-0.2, -0.15) is 0 Å². The number of ketones is 2. The van der Waals surface area contributed by atoms with Crippen molar-refractivity contribution in [1.82, 2.24) is 92.8 Å². The predicted octanol–water partition coefficient (Wildman–Crippen LogP) is 5.42. The van der Waals surface area contributed by atoms with Crippen LogP contribution in [0.5, 0.6) is 0 Å². The molecule has 0 aromatic carbocycles. The lowest BCUT2D eigenvalue weighted by Crippen LogP contribution is -2.49. The van der Waals surface area contributed by atoms with Crippen molar-refractivity contribution in [3.8, 4) is 0 Å². The molecule has 0 aliphatic heterocycles. The van der Waals surface area contributed by atoms with Gasteiger partial charge in [0, 0.05) is 194 Å². The Morgan fingerprint density at radius 3 is 0.775 bits per heavy atom. The predicted molar refractivity (Wildman–Crippen MR) is 540 cm³/mol. The van der Waals surface area contributed by atoms with E-state index in [1.165, 1.54) is 60.1 Å². The molecule has 0 saturated heterocycles. The minimum absolute atomic E-state index is 0.0370. The molecule has 10 N–H and O–H groups in total. The minimum Gasteiger partial charge on any atom is -0.353 e. The molecule has 0 heterocycles. The molecule has 0 spiro atoms. The van der Waals surface area contributed by atoms with Gasteiger partial charge in [-0.25, -0.2) is 10.0 Å². The van der Waals surface area contributed by atoms with Crippen LogP contribution in [0.1, 0.15) is 121 Å². The number of carbonyl (C=O) groups is 20. The Morgan fingerprint density at radius 1 is 0.203 bits per heavy atom. The number of nitrogens with zero attached hydrogens (tertiary/aromatic N) is 8. The van der Waals surface area contributed by atoms with E-state index < -0.39 is 23.6 Å². The molecule has 0 fully saturated rings. The molecule has 0 bridgehead atoms. The fraction of sp³-hybridized carbons (Fsp3) is 0.400. The maximum atomic E-state index is 12.5. The number of Topliss-reactive ketones (excluding diaryl/α,β-unsaturated/α-hetero) is 1. The van der Waals surface area contributed by atoms with Gasteiger partial charge in [-0.05, 0) is 174 Å². The number of hydrogen-bond acceptors (Lipinski definition) is 20. The molecule has 38 heteroatoms. The zero-order valence-electron chi connectivity index (χ0n) is 82.9. The molecular weight excluding hydrogens is 1770 g/mol. The van der Waals surface area contributed by atoms with Crippen LogP contribution in [-0.2, 0) is 95.9 Å². The van der Waals surface area contributed by atoms with E-state index in [4.69, 9.17) is 0 Å². The van der Waals surface area contributed by atoms with Crippen LogP contribution in [0.15, 0.2) is 248 Å². The van der Waals surface area contributed by atoms with Gasteiger partial charge in [0.05, 0.1) is 13.1 Å². The second-order valence-electron chi connectivity index (χ2n) is 30.3. The Balaban J connectivity index is -0.000000382. The van der Waals surface area contributed by atoms with Crippen molar-refractivity contribution in [2.75, 3.05) is 144 Å². The monoisotopic (exact) mass is 1920 g/mol. The third kappa shape index (κ3) is 68.6. The summed E-state index contributed by atoms with van der Waals surface area (Å²) in [6, 6.07) is 0. The quantitative estimate of drug-likeness (QED) is 0.0206. The summed E-state index contributed by atoms with van der Waals surface area (Å²) in [5, 5.41) is 23.2. The van der Waals surface area contributed by atoms with Gasteiger partial charge in [0.2, 0.25) is 82.7 Å². The van der Waals surface area contributed by atoms with Gasteiger partial charge in [0.15, 0.2) is 11.6 Å². The molecule has 0 unspecified atom stereocenters. The first-order valence-electron chi connectivity index (χ1n) is 43.8. The Labute approximate surface area is 815 Å². The zero-order chi connectivity index (χ0) is 107. The molecule has 0 aliphatic carbocycles. The molecule has 0 aromatic rings. The highest BCUT2D eigenvalue weighted by Crippen LogP contribution is 2.10. The molecule has 760 valence electrons. The van der Waals surface area contributed by atoms with Crippen LogP contribution in [0.4, 0.5) is 0 Å². The topological polar surface area (TPSA) is 488 Å². The van der Waals surface area contributed by atoms with Crippen molar-refractivity contribution in [2.24, 2.45) is 0 Å². The molecule has 38 nitrogen and oxygen atoms in total. The summed E-state index contributed by atoms with van der Waals surface area (Å²) < 4.78 is 0. The van der Waals surface area contributed by atoms with Gasteiger partial charge in [-0.3, -0.25) is 107 Å². The van der Waals surface area contributed by atoms with Crippen molar-refractivity contribution in [3.05, 3.63) is 248 Å². The molecule has 0 radical (unpaired) electrons. The molecular formula is C100H150N18O20. The third-order valence-corrected chi connectivity index (χ3v) is 17.7. The van der Waals surface area contributed by atoms with Crippen LogP contribution in [0.2, 0.25) is 0 Å². The average Bonchev–Trinajstić information content (AvgIpc) is 0.886. The van der Waals surface area contributed by atoms with E-state index >= 15 is 0 Å². The summed E-state index contributed by atoms with van der Waals surface area (Å²) in [7, 11) is 0. The Morgan fingerprint density at radius 2 is 0.449 bits per heavy atom. The van der Waals surface area contributed by atoms with E-state index in [2.05, 4.69) is 185 Å². The van der Waals surface area contributed by atoms with Crippen LogP contribution < -0.4 is 53.4 Å². The number of rotatable bonds is 62. The molecule has 0 saturated carbocycles. The van der Waals surface area contributed by atoms with Crippen molar-refractivity contribution in [2.45, 2.75) is 121 Å². The number of allylic oxidation sites excluding steroid dienone is 2.